The van der Waals surface area contributed by atoms with Crippen molar-refractivity contribution >= 4 is 11.6 Å². The molecule has 2 aromatic rings. The van der Waals surface area contributed by atoms with Gasteiger partial charge < -0.3 is 16.0 Å². The Hall–Kier alpha value is -2.33. The summed E-state index contributed by atoms with van der Waals surface area (Å²) in [6.45, 7) is 11.0. The number of carbonyl (C=O) groups excluding carboxylic acids is 1. The Kier molecular flexibility index (Phi) is 5.62. The zero-order valence-corrected chi connectivity index (χ0v) is 16.1. The molecule has 1 heterocycles. The molecule has 138 valence electrons. The molecule has 0 saturated heterocycles. The maximum Gasteiger partial charge on any atom is 0.251 e. The molecule has 3 N–H and O–H groups in total. The van der Waals surface area contributed by atoms with E-state index in [-0.39, 0.29) is 5.91 Å². The van der Waals surface area contributed by atoms with Crippen molar-refractivity contribution in [2.75, 3.05) is 5.32 Å². The number of carbonyl (C=O) groups is 1. The van der Waals surface area contributed by atoms with Crippen molar-refractivity contribution in [3.8, 4) is 0 Å². The normalized spacial score (nSPS) is 14.2. The van der Waals surface area contributed by atoms with Gasteiger partial charge in [0.05, 0.1) is 0 Å². The van der Waals surface area contributed by atoms with Crippen LogP contribution in [0.15, 0.2) is 36.4 Å². The van der Waals surface area contributed by atoms with Crippen molar-refractivity contribution in [3.05, 3.63) is 64.2 Å². The number of hydrogen-bond donors (Lipinski definition) is 3. The number of fused-ring (bicyclic) bond motifs is 1. The standard InChI is InChI=1S/C22H29N3O/c1-14(2)16(4)25-21-7-5-6-20(15(21)3)22(26)24-11-17-8-9-18-12-23-13-19(18)10-17/h5-10,14,16,23,25H,11-13H2,1-4H3,(H,24,26). The lowest BCUT2D eigenvalue weighted by Gasteiger charge is -2.21. The second-order valence-corrected chi connectivity index (χ2v) is 7.54. The first kappa shape index (κ1) is 18.5. The van der Waals surface area contributed by atoms with Gasteiger partial charge in [0.2, 0.25) is 0 Å². The molecule has 0 aromatic heterocycles. The fraction of sp³-hybridized carbons (Fsp3) is 0.409. The average Bonchev–Trinajstić information content (AvgIpc) is 3.09. The molecule has 0 radical (unpaired) electrons. The molecule has 0 bridgehead atoms. The van der Waals surface area contributed by atoms with Crippen LogP contribution < -0.4 is 16.0 Å². The highest BCUT2D eigenvalue weighted by Crippen LogP contribution is 2.22. The third kappa shape index (κ3) is 4.07. The van der Waals surface area contributed by atoms with Crippen LogP contribution in [0.2, 0.25) is 0 Å². The molecular weight excluding hydrogens is 322 g/mol. The van der Waals surface area contributed by atoms with Gasteiger partial charge in [-0.3, -0.25) is 4.79 Å². The van der Waals surface area contributed by atoms with E-state index >= 15 is 0 Å². The zero-order chi connectivity index (χ0) is 18.7. The summed E-state index contributed by atoms with van der Waals surface area (Å²) in [5, 5.41) is 9.93. The van der Waals surface area contributed by atoms with Crippen LogP contribution in [0, 0.1) is 12.8 Å². The van der Waals surface area contributed by atoms with E-state index in [4.69, 9.17) is 0 Å². The van der Waals surface area contributed by atoms with Gasteiger partial charge in [0.15, 0.2) is 0 Å². The van der Waals surface area contributed by atoms with Crippen molar-refractivity contribution < 1.29 is 4.79 Å². The molecule has 1 aliphatic heterocycles. The molecule has 2 aromatic carbocycles. The summed E-state index contributed by atoms with van der Waals surface area (Å²) in [6, 6.07) is 12.7. The van der Waals surface area contributed by atoms with Gasteiger partial charge in [-0.25, -0.2) is 0 Å². The Bertz CT molecular complexity index is 798. The van der Waals surface area contributed by atoms with Gasteiger partial charge in [0, 0.05) is 36.9 Å². The predicted octanol–water partition coefficient (Wildman–Crippen LogP) is 3.98. The van der Waals surface area contributed by atoms with Crippen LogP contribution in [0.5, 0.6) is 0 Å². The van der Waals surface area contributed by atoms with Gasteiger partial charge in [-0.2, -0.15) is 0 Å². The molecule has 1 unspecified atom stereocenters. The van der Waals surface area contributed by atoms with Gasteiger partial charge in [-0.05, 0) is 54.2 Å². The lowest BCUT2D eigenvalue weighted by Crippen LogP contribution is -2.25. The largest absolute Gasteiger partial charge is 0.382 e. The smallest absolute Gasteiger partial charge is 0.251 e. The highest BCUT2D eigenvalue weighted by molar-refractivity contribution is 5.97. The van der Waals surface area contributed by atoms with Crippen molar-refractivity contribution in [3.63, 3.8) is 0 Å². The molecule has 0 saturated carbocycles. The van der Waals surface area contributed by atoms with E-state index in [0.717, 1.165) is 35.5 Å². The second kappa shape index (κ2) is 7.92. The maximum absolute atomic E-state index is 12.7. The Morgan fingerprint density at radius 3 is 2.65 bits per heavy atom. The number of nitrogens with one attached hydrogen (secondary N) is 3. The van der Waals surface area contributed by atoms with Crippen LogP contribution in [0.3, 0.4) is 0 Å². The van der Waals surface area contributed by atoms with E-state index in [1.54, 1.807) is 0 Å². The Morgan fingerprint density at radius 2 is 1.88 bits per heavy atom. The zero-order valence-electron chi connectivity index (χ0n) is 16.1. The SMILES string of the molecule is Cc1c(NC(C)C(C)C)cccc1C(=O)NCc1ccc2c(c1)CNC2. The van der Waals surface area contributed by atoms with Crippen LogP contribution in [-0.2, 0) is 19.6 Å². The highest BCUT2D eigenvalue weighted by atomic mass is 16.1. The summed E-state index contributed by atoms with van der Waals surface area (Å²) in [5.74, 6) is 0.503. The van der Waals surface area contributed by atoms with Crippen molar-refractivity contribution in [2.24, 2.45) is 5.92 Å². The minimum atomic E-state index is -0.0260. The molecule has 0 aliphatic carbocycles. The van der Waals surface area contributed by atoms with Crippen LogP contribution >= 0.6 is 0 Å². The van der Waals surface area contributed by atoms with E-state index in [1.165, 1.54) is 11.1 Å². The third-order valence-electron chi connectivity index (χ3n) is 5.32. The first-order valence-electron chi connectivity index (χ1n) is 9.41. The first-order valence-corrected chi connectivity index (χ1v) is 9.41. The fourth-order valence-electron chi connectivity index (χ4n) is 3.19. The highest BCUT2D eigenvalue weighted by Gasteiger charge is 2.15. The molecule has 3 rings (SSSR count). The topological polar surface area (TPSA) is 53.2 Å². The summed E-state index contributed by atoms with van der Waals surface area (Å²) in [7, 11) is 0. The molecule has 0 fully saturated rings. The summed E-state index contributed by atoms with van der Waals surface area (Å²) >= 11 is 0. The number of hydrogen-bond acceptors (Lipinski definition) is 3. The lowest BCUT2D eigenvalue weighted by atomic mass is 10.0. The number of amides is 1. The Morgan fingerprint density at radius 1 is 1.12 bits per heavy atom. The second-order valence-electron chi connectivity index (χ2n) is 7.54. The van der Waals surface area contributed by atoms with Crippen molar-refractivity contribution in [2.45, 2.75) is 53.4 Å². The molecular formula is C22H29N3O. The van der Waals surface area contributed by atoms with E-state index in [0.29, 0.717) is 18.5 Å². The van der Waals surface area contributed by atoms with Crippen LogP contribution in [0.4, 0.5) is 5.69 Å². The summed E-state index contributed by atoms with van der Waals surface area (Å²) < 4.78 is 0. The molecule has 26 heavy (non-hydrogen) atoms. The van der Waals surface area contributed by atoms with Crippen molar-refractivity contribution in [1.82, 2.24) is 10.6 Å². The average molecular weight is 351 g/mol. The minimum absolute atomic E-state index is 0.0260. The molecule has 1 aliphatic rings. The molecule has 4 heteroatoms. The van der Waals surface area contributed by atoms with Gasteiger partial charge in [0.1, 0.15) is 0 Å². The predicted molar refractivity (Wildman–Crippen MR) is 107 cm³/mol. The maximum atomic E-state index is 12.7. The van der Waals surface area contributed by atoms with Crippen LogP contribution in [0.25, 0.3) is 0 Å². The number of anilines is 1. The van der Waals surface area contributed by atoms with E-state index in [2.05, 4.69) is 54.9 Å². The van der Waals surface area contributed by atoms with Crippen LogP contribution in [-0.4, -0.2) is 11.9 Å². The van der Waals surface area contributed by atoms with E-state index < -0.39 is 0 Å². The monoisotopic (exact) mass is 351 g/mol. The van der Waals surface area contributed by atoms with Gasteiger partial charge in [-0.15, -0.1) is 0 Å². The minimum Gasteiger partial charge on any atom is -0.382 e. The third-order valence-corrected chi connectivity index (χ3v) is 5.32. The first-order chi connectivity index (χ1) is 12.5. The molecule has 0 spiro atoms. The van der Waals surface area contributed by atoms with Crippen molar-refractivity contribution in [1.29, 1.82) is 0 Å². The van der Waals surface area contributed by atoms with Crippen LogP contribution in [0.1, 0.15) is 53.4 Å². The van der Waals surface area contributed by atoms with E-state index in [9.17, 15) is 4.79 Å². The molecule has 4 nitrogen and oxygen atoms in total. The van der Waals surface area contributed by atoms with Gasteiger partial charge in [-0.1, -0.05) is 38.1 Å². The van der Waals surface area contributed by atoms with Gasteiger partial charge in [0.25, 0.3) is 5.91 Å². The van der Waals surface area contributed by atoms with E-state index in [1.807, 2.05) is 25.1 Å². The Balaban J connectivity index is 1.68. The lowest BCUT2D eigenvalue weighted by molar-refractivity contribution is 0.0950. The summed E-state index contributed by atoms with van der Waals surface area (Å²) in [4.78, 5) is 12.7. The molecule has 1 amide bonds. The summed E-state index contributed by atoms with van der Waals surface area (Å²) in [5.41, 5.74) is 6.59. The summed E-state index contributed by atoms with van der Waals surface area (Å²) in [6.07, 6.45) is 0. The number of rotatable bonds is 6. The fourth-order valence-corrected chi connectivity index (χ4v) is 3.19. The Labute approximate surface area is 156 Å². The van der Waals surface area contributed by atoms with Gasteiger partial charge >= 0.3 is 0 Å². The molecule has 1 atom stereocenters. The number of benzene rings is 2. The quantitative estimate of drug-likeness (QED) is 0.738.